The maximum absolute atomic E-state index is 4.77. The van der Waals surface area contributed by atoms with E-state index in [0.29, 0.717) is 0 Å². The van der Waals surface area contributed by atoms with Gasteiger partial charge in [0.15, 0.2) is 0 Å². The molecule has 0 atom stereocenters. The third kappa shape index (κ3) is 4.61. The largest absolute Gasteiger partial charge is 0.0990 e. The lowest BCUT2D eigenvalue weighted by molar-refractivity contribution is 1.49. The summed E-state index contributed by atoms with van der Waals surface area (Å²) in [7, 11) is 0. The van der Waals surface area contributed by atoms with Crippen LogP contribution in [0.5, 0.6) is 0 Å². The average Bonchev–Trinajstić information content (AvgIpc) is 3.04. The molecule has 0 nitrogen and oxygen atoms in total. The fraction of sp³-hybridized carbons (Fsp3) is 0. The third-order valence-electron chi connectivity index (χ3n) is 7.40. The van der Waals surface area contributed by atoms with Gasteiger partial charge in [0.25, 0.3) is 0 Å². The zero-order valence-corrected chi connectivity index (χ0v) is 22.4. The molecule has 190 valence electrons. The van der Waals surface area contributed by atoms with Crippen LogP contribution in [0.25, 0.3) is 44.2 Å². The van der Waals surface area contributed by atoms with Crippen molar-refractivity contribution < 1.29 is 0 Å². The zero-order chi connectivity index (χ0) is 27.3. The van der Waals surface area contributed by atoms with Gasteiger partial charge >= 0.3 is 0 Å². The topological polar surface area (TPSA) is 0 Å². The van der Waals surface area contributed by atoms with Crippen molar-refractivity contribution in [3.63, 3.8) is 0 Å². The van der Waals surface area contributed by atoms with Crippen molar-refractivity contribution in [2.24, 2.45) is 0 Å². The minimum Gasteiger partial charge on any atom is -0.0990 e. The van der Waals surface area contributed by atoms with Crippen molar-refractivity contribution in [3.8, 4) is 22.3 Å². The van der Waals surface area contributed by atoms with Gasteiger partial charge in [-0.2, -0.15) is 0 Å². The SMILES string of the molecule is C=C/C=C(\c1ccccc1)c1c(C(=C)c2ccccc2)c(-c2ccccc2)c2ccccc2c1-c1ccccc1. The molecule has 0 fully saturated rings. The van der Waals surface area contributed by atoms with Gasteiger partial charge in [-0.1, -0.05) is 171 Å². The van der Waals surface area contributed by atoms with E-state index in [2.05, 4.69) is 158 Å². The molecule has 0 heteroatoms. The molecule has 6 aromatic rings. The van der Waals surface area contributed by atoms with Gasteiger partial charge in [-0.05, 0) is 66.4 Å². The summed E-state index contributed by atoms with van der Waals surface area (Å²) in [6, 6.07) is 51.3. The summed E-state index contributed by atoms with van der Waals surface area (Å²) in [6.45, 7) is 8.90. The second-order valence-corrected chi connectivity index (χ2v) is 9.80. The van der Waals surface area contributed by atoms with E-state index in [1.165, 1.54) is 27.5 Å². The van der Waals surface area contributed by atoms with E-state index in [-0.39, 0.29) is 0 Å². The molecule has 40 heavy (non-hydrogen) atoms. The molecule has 6 aromatic carbocycles. The van der Waals surface area contributed by atoms with E-state index in [4.69, 9.17) is 6.58 Å². The molecule has 0 spiro atoms. The van der Waals surface area contributed by atoms with E-state index in [9.17, 15) is 0 Å². The summed E-state index contributed by atoms with van der Waals surface area (Å²) < 4.78 is 0. The number of benzene rings is 6. The van der Waals surface area contributed by atoms with Crippen molar-refractivity contribution in [3.05, 3.63) is 193 Å². The monoisotopic (exact) mass is 510 g/mol. The molecule has 0 N–H and O–H groups in total. The van der Waals surface area contributed by atoms with Crippen LogP contribution in [0.4, 0.5) is 0 Å². The Labute approximate surface area is 236 Å². The fourth-order valence-corrected chi connectivity index (χ4v) is 5.66. The van der Waals surface area contributed by atoms with Crippen LogP contribution in [0, 0.1) is 0 Å². The Bertz CT molecular complexity index is 1830. The molecule has 6 rings (SSSR count). The molecule has 0 saturated carbocycles. The number of hydrogen-bond donors (Lipinski definition) is 0. The Morgan fingerprint density at radius 3 is 1.32 bits per heavy atom. The van der Waals surface area contributed by atoms with Gasteiger partial charge in [0.1, 0.15) is 0 Å². The molecule has 0 aromatic heterocycles. The Balaban J connectivity index is 1.88. The van der Waals surface area contributed by atoms with Gasteiger partial charge in [0.2, 0.25) is 0 Å². The quantitative estimate of drug-likeness (QED) is 0.187. The molecule has 0 amide bonds. The molecular formula is C40H30. The predicted octanol–water partition coefficient (Wildman–Crippen LogP) is 10.9. The summed E-state index contributed by atoms with van der Waals surface area (Å²) in [5.41, 5.74) is 11.3. The summed E-state index contributed by atoms with van der Waals surface area (Å²) in [4.78, 5) is 0. The molecule has 0 unspecified atom stereocenters. The maximum atomic E-state index is 4.77. The lowest BCUT2D eigenvalue weighted by atomic mass is 9.76. The van der Waals surface area contributed by atoms with Gasteiger partial charge in [0, 0.05) is 0 Å². The highest BCUT2D eigenvalue weighted by atomic mass is 14.3. The Morgan fingerprint density at radius 1 is 0.450 bits per heavy atom. The molecule has 0 radical (unpaired) electrons. The van der Waals surface area contributed by atoms with Crippen molar-refractivity contribution in [1.29, 1.82) is 0 Å². The molecule has 0 saturated heterocycles. The first-order chi connectivity index (χ1) is 19.8. The highest BCUT2D eigenvalue weighted by molar-refractivity contribution is 6.16. The minimum absolute atomic E-state index is 0.989. The number of rotatable bonds is 7. The van der Waals surface area contributed by atoms with Crippen LogP contribution in [-0.2, 0) is 0 Å². The smallest absolute Gasteiger partial charge is 0.000808 e. The van der Waals surface area contributed by atoms with E-state index in [0.717, 1.165) is 39.0 Å². The molecule has 0 aliphatic rings. The van der Waals surface area contributed by atoms with Gasteiger partial charge in [-0.3, -0.25) is 0 Å². The van der Waals surface area contributed by atoms with Crippen LogP contribution < -0.4 is 0 Å². The first kappa shape index (κ1) is 25.1. The number of allylic oxidation sites excluding steroid dienone is 2. The van der Waals surface area contributed by atoms with Crippen LogP contribution in [0.1, 0.15) is 22.3 Å². The second kappa shape index (κ2) is 11.3. The lowest BCUT2D eigenvalue weighted by Crippen LogP contribution is -2.04. The molecule has 0 aliphatic heterocycles. The standard InChI is InChI=1S/C40H30/c1-3-18-34(31-21-10-5-11-22-31)40-37(29(2)30-19-8-4-9-20-30)38(32-23-12-6-13-24-32)35-27-16-17-28-36(35)39(40)33-25-14-7-15-26-33/h3-28H,1-2H2/b34-18+. The summed E-state index contributed by atoms with van der Waals surface area (Å²) in [5.74, 6) is 0. The van der Waals surface area contributed by atoms with Crippen molar-refractivity contribution in [1.82, 2.24) is 0 Å². The molecule has 0 heterocycles. The van der Waals surface area contributed by atoms with E-state index in [1.807, 2.05) is 6.08 Å². The third-order valence-corrected chi connectivity index (χ3v) is 7.40. The van der Waals surface area contributed by atoms with E-state index in [1.54, 1.807) is 0 Å². The van der Waals surface area contributed by atoms with Crippen LogP contribution in [0.2, 0.25) is 0 Å². The average molecular weight is 511 g/mol. The number of fused-ring (bicyclic) bond motifs is 1. The first-order valence-electron chi connectivity index (χ1n) is 13.6. The summed E-state index contributed by atoms with van der Waals surface area (Å²) >= 11 is 0. The Hall–Kier alpha value is -5.20. The predicted molar refractivity (Wildman–Crippen MR) is 173 cm³/mol. The fourth-order valence-electron chi connectivity index (χ4n) is 5.66. The van der Waals surface area contributed by atoms with Crippen LogP contribution in [-0.4, -0.2) is 0 Å². The van der Waals surface area contributed by atoms with Gasteiger partial charge in [-0.25, -0.2) is 0 Å². The lowest BCUT2D eigenvalue weighted by Gasteiger charge is -2.26. The Morgan fingerprint density at radius 2 is 0.850 bits per heavy atom. The van der Waals surface area contributed by atoms with Gasteiger partial charge < -0.3 is 0 Å². The highest BCUT2D eigenvalue weighted by Gasteiger charge is 2.26. The highest BCUT2D eigenvalue weighted by Crippen LogP contribution is 2.49. The van der Waals surface area contributed by atoms with Gasteiger partial charge in [0.05, 0.1) is 0 Å². The minimum atomic E-state index is 0.989. The second-order valence-electron chi connectivity index (χ2n) is 9.80. The van der Waals surface area contributed by atoms with E-state index >= 15 is 0 Å². The molecule has 0 aliphatic carbocycles. The van der Waals surface area contributed by atoms with Crippen LogP contribution in [0.3, 0.4) is 0 Å². The van der Waals surface area contributed by atoms with Crippen LogP contribution >= 0.6 is 0 Å². The Kier molecular flexibility index (Phi) is 7.07. The molecule has 0 bridgehead atoms. The van der Waals surface area contributed by atoms with Crippen molar-refractivity contribution >= 4 is 21.9 Å². The summed E-state index contributed by atoms with van der Waals surface area (Å²) in [6.07, 6.45) is 4.03. The normalized spacial score (nSPS) is 11.3. The first-order valence-corrected chi connectivity index (χ1v) is 13.6. The maximum Gasteiger partial charge on any atom is -0.000808 e. The van der Waals surface area contributed by atoms with E-state index < -0.39 is 0 Å². The van der Waals surface area contributed by atoms with Gasteiger partial charge in [-0.15, -0.1) is 0 Å². The van der Waals surface area contributed by atoms with Crippen molar-refractivity contribution in [2.45, 2.75) is 0 Å². The van der Waals surface area contributed by atoms with Crippen molar-refractivity contribution in [2.75, 3.05) is 0 Å². The number of hydrogen-bond acceptors (Lipinski definition) is 0. The van der Waals surface area contributed by atoms with Crippen LogP contribution in [0.15, 0.2) is 171 Å². The summed E-state index contributed by atoms with van der Waals surface area (Å²) in [5, 5.41) is 2.41. The zero-order valence-electron chi connectivity index (χ0n) is 22.4. The molecular weight excluding hydrogens is 480 g/mol.